The fraction of sp³-hybridized carbons (Fsp3) is 0.737. The second-order valence-corrected chi connectivity index (χ2v) is 7.79. The van der Waals surface area contributed by atoms with Crippen molar-refractivity contribution in [2.75, 3.05) is 31.4 Å². The van der Waals surface area contributed by atoms with E-state index in [-0.39, 0.29) is 29.6 Å². The van der Waals surface area contributed by atoms with Gasteiger partial charge in [-0.25, -0.2) is 4.98 Å². The highest BCUT2D eigenvalue weighted by molar-refractivity contribution is 6.18. The van der Waals surface area contributed by atoms with Gasteiger partial charge in [-0.15, -0.1) is 11.6 Å². The highest BCUT2D eigenvalue weighted by Gasteiger charge is 2.56. The molecule has 1 aliphatic heterocycles. The van der Waals surface area contributed by atoms with Crippen LogP contribution in [0.4, 0.5) is 5.95 Å². The SMILES string of the molecule is CCCCOC[C@@]1(CCl)O[C@@H](n2cnc3c(=O)[nH]c(N)nc32)[C@@H](O)[C@@H]1OCCCC. The number of hydrogen-bond acceptors (Lipinski definition) is 8. The summed E-state index contributed by atoms with van der Waals surface area (Å²) in [5, 5.41) is 11.1. The van der Waals surface area contributed by atoms with Crippen molar-refractivity contribution in [2.45, 2.75) is 63.6 Å². The van der Waals surface area contributed by atoms with Crippen molar-refractivity contribution in [1.82, 2.24) is 19.5 Å². The van der Waals surface area contributed by atoms with Crippen molar-refractivity contribution >= 4 is 28.7 Å². The number of rotatable bonds is 11. The molecule has 4 atom stereocenters. The van der Waals surface area contributed by atoms with Gasteiger partial charge in [0, 0.05) is 13.2 Å². The Labute approximate surface area is 179 Å². The molecule has 0 saturated carbocycles. The highest BCUT2D eigenvalue weighted by Crippen LogP contribution is 2.41. The van der Waals surface area contributed by atoms with Crippen molar-refractivity contribution in [3.63, 3.8) is 0 Å². The predicted octanol–water partition coefficient (Wildman–Crippen LogP) is 1.57. The molecule has 11 heteroatoms. The number of aromatic nitrogens is 4. The van der Waals surface area contributed by atoms with E-state index in [9.17, 15) is 9.90 Å². The number of halogens is 1. The molecule has 0 aromatic carbocycles. The lowest BCUT2D eigenvalue weighted by Crippen LogP contribution is -2.50. The molecule has 1 fully saturated rings. The van der Waals surface area contributed by atoms with Crippen LogP contribution in [0.25, 0.3) is 11.2 Å². The lowest BCUT2D eigenvalue weighted by molar-refractivity contribution is -0.139. The molecule has 2 aromatic rings. The third-order valence-electron chi connectivity index (χ3n) is 5.21. The van der Waals surface area contributed by atoms with Gasteiger partial charge in [0.15, 0.2) is 17.4 Å². The van der Waals surface area contributed by atoms with E-state index in [4.69, 9.17) is 31.5 Å². The molecule has 30 heavy (non-hydrogen) atoms. The predicted molar refractivity (Wildman–Crippen MR) is 113 cm³/mol. The zero-order valence-electron chi connectivity index (χ0n) is 17.3. The number of nitrogen functional groups attached to an aromatic ring is 1. The standard InChI is InChI=1S/C19H30ClN5O5/c1-3-5-7-28-10-19(9-20)14(29-8-6-4-2)13(26)17(30-19)25-11-22-12-15(25)23-18(21)24-16(12)27/h11,13-14,17,26H,3-10H2,1-2H3,(H3,21,23,24,27)/t13-,14-,17+,19+/m0/s1. The van der Waals surface area contributed by atoms with Gasteiger partial charge in [0.05, 0.1) is 18.8 Å². The molecule has 0 bridgehead atoms. The number of anilines is 1. The molecule has 1 aliphatic rings. The van der Waals surface area contributed by atoms with E-state index < -0.39 is 29.6 Å². The number of unbranched alkanes of at least 4 members (excludes halogenated alkanes) is 2. The van der Waals surface area contributed by atoms with E-state index in [2.05, 4.69) is 28.8 Å². The zero-order chi connectivity index (χ0) is 21.7. The molecule has 1 saturated heterocycles. The first-order valence-electron chi connectivity index (χ1n) is 10.3. The molecule has 0 unspecified atom stereocenters. The van der Waals surface area contributed by atoms with E-state index in [0.717, 1.165) is 25.7 Å². The second-order valence-electron chi connectivity index (χ2n) is 7.52. The average molecular weight is 444 g/mol. The summed E-state index contributed by atoms with van der Waals surface area (Å²) in [6.45, 7) is 5.32. The Kier molecular flexibility index (Phi) is 7.70. The number of hydrogen-bond donors (Lipinski definition) is 3. The van der Waals surface area contributed by atoms with E-state index in [1.807, 2.05) is 0 Å². The Balaban J connectivity index is 1.93. The van der Waals surface area contributed by atoms with Crippen LogP contribution in [-0.4, -0.2) is 68.1 Å². The van der Waals surface area contributed by atoms with Crippen molar-refractivity contribution in [1.29, 1.82) is 0 Å². The Morgan fingerprint density at radius 1 is 1.37 bits per heavy atom. The van der Waals surface area contributed by atoms with Gasteiger partial charge in [-0.2, -0.15) is 4.98 Å². The van der Waals surface area contributed by atoms with E-state index in [1.165, 1.54) is 10.9 Å². The van der Waals surface area contributed by atoms with Crippen LogP contribution in [0.15, 0.2) is 11.1 Å². The first-order valence-corrected chi connectivity index (χ1v) is 10.8. The number of aliphatic hydroxyl groups excluding tert-OH is 1. The number of aliphatic hydroxyl groups is 1. The molecular weight excluding hydrogens is 414 g/mol. The topological polar surface area (TPSA) is 138 Å². The summed E-state index contributed by atoms with van der Waals surface area (Å²) < 4.78 is 19.6. The van der Waals surface area contributed by atoms with E-state index in [0.29, 0.717) is 13.2 Å². The Hall–Kier alpha value is -1.72. The van der Waals surface area contributed by atoms with Gasteiger partial charge in [-0.05, 0) is 12.8 Å². The minimum Gasteiger partial charge on any atom is -0.386 e. The van der Waals surface area contributed by atoms with Crippen molar-refractivity contribution < 1.29 is 19.3 Å². The number of alkyl halides is 1. The first kappa shape index (κ1) is 23.0. The number of H-pyrrole nitrogens is 1. The Bertz CT molecular complexity index is 890. The van der Waals surface area contributed by atoms with Crippen LogP contribution in [-0.2, 0) is 14.2 Å². The van der Waals surface area contributed by atoms with Crippen molar-refractivity contribution in [3.05, 3.63) is 16.7 Å². The number of imidazole rings is 1. The quantitative estimate of drug-likeness (QED) is 0.351. The molecule has 168 valence electrons. The molecule has 0 amide bonds. The number of nitrogens with zero attached hydrogens (tertiary/aromatic N) is 3. The zero-order valence-corrected chi connectivity index (χ0v) is 18.1. The maximum absolute atomic E-state index is 12.1. The first-order chi connectivity index (χ1) is 14.5. The fourth-order valence-corrected chi connectivity index (χ4v) is 3.84. The van der Waals surface area contributed by atoms with Crippen LogP contribution < -0.4 is 11.3 Å². The van der Waals surface area contributed by atoms with Crippen LogP contribution in [0.5, 0.6) is 0 Å². The highest BCUT2D eigenvalue weighted by atomic mass is 35.5. The molecule has 0 radical (unpaired) electrons. The molecule has 3 heterocycles. The summed E-state index contributed by atoms with van der Waals surface area (Å²) in [6.07, 6.45) is 2.38. The van der Waals surface area contributed by atoms with Gasteiger partial charge in [-0.1, -0.05) is 26.7 Å². The molecule has 3 rings (SSSR count). The molecular formula is C19H30ClN5O5. The summed E-state index contributed by atoms with van der Waals surface area (Å²) in [5.41, 5.74) is 4.48. The van der Waals surface area contributed by atoms with Gasteiger partial charge in [-0.3, -0.25) is 14.3 Å². The van der Waals surface area contributed by atoms with Crippen molar-refractivity contribution in [3.8, 4) is 0 Å². The smallest absolute Gasteiger partial charge is 0.280 e. The second kappa shape index (κ2) is 10.1. The fourth-order valence-electron chi connectivity index (χ4n) is 3.55. The average Bonchev–Trinajstić information content (AvgIpc) is 3.26. The van der Waals surface area contributed by atoms with Gasteiger partial charge >= 0.3 is 0 Å². The van der Waals surface area contributed by atoms with E-state index in [1.54, 1.807) is 0 Å². The van der Waals surface area contributed by atoms with Crippen LogP contribution in [0, 0.1) is 0 Å². The summed E-state index contributed by atoms with van der Waals surface area (Å²) in [6, 6.07) is 0. The molecule has 0 spiro atoms. The van der Waals surface area contributed by atoms with Gasteiger partial charge in [0.1, 0.15) is 17.8 Å². The van der Waals surface area contributed by atoms with Crippen LogP contribution >= 0.6 is 11.6 Å². The Morgan fingerprint density at radius 3 is 2.80 bits per heavy atom. The summed E-state index contributed by atoms with van der Waals surface area (Å²) in [5.74, 6) is 0.00990. The third kappa shape index (κ3) is 4.47. The minimum absolute atomic E-state index is 0.0519. The minimum atomic E-state index is -1.07. The number of ether oxygens (including phenoxy) is 3. The summed E-state index contributed by atoms with van der Waals surface area (Å²) in [4.78, 5) is 22.8. The monoisotopic (exact) mass is 443 g/mol. The molecule has 0 aliphatic carbocycles. The lowest BCUT2D eigenvalue weighted by Gasteiger charge is -2.32. The lowest BCUT2D eigenvalue weighted by atomic mass is 9.97. The summed E-state index contributed by atoms with van der Waals surface area (Å²) >= 11 is 6.33. The molecule has 2 aromatic heterocycles. The van der Waals surface area contributed by atoms with Crippen LogP contribution in [0.3, 0.4) is 0 Å². The number of nitrogens with two attached hydrogens (primary N) is 1. The number of aromatic amines is 1. The molecule has 10 nitrogen and oxygen atoms in total. The van der Waals surface area contributed by atoms with Crippen LogP contribution in [0.1, 0.15) is 45.8 Å². The maximum Gasteiger partial charge on any atom is 0.280 e. The Morgan fingerprint density at radius 2 is 2.10 bits per heavy atom. The normalized spacial score (nSPS) is 26.6. The molecule has 4 N–H and O–H groups in total. The maximum atomic E-state index is 12.1. The number of fused-ring (bicyclic) bond motifs is 1. The van der Waals surface area contributed by atoms with Gasteiger partial charge < -0.3 is 25.1 Å². The van der Waals surface area contributed by atoms with E-state index >= 15 is 0 Å². The number of nitrogens with one attached hydrogen (secondary N) is 1. The van der Waals surface area contributed by atoms with Crippen molar-refractivity contribution in [2.24, 2.45) is 0 Å². The third-order valence-corrected chi connectivity index (χ3v) is 5.66. The largest absolute Gasteiger partial charge is 0.386 e. The van der Waals surface area contributed by atoms with Gasteiger partial charge in [0.25, 0.3) is 5.56 Å². The summed E-state index contributed by atoms with van der Waals surface area (Å²) in [7, 11) is 0. The van der Waals surface area contributed by atoms with Crippen LogP contribution in [0.2, 0.25) is 0 Å². The van der Waals surface area contributed by atoms with Gasteiger partial charge in [0.2, 0.25) is 5.95 Å².